The second-order valence-corrected chi connectivity index (χ2v) is 6.43. The molecule has 1 saturated heterocycles. The van der Waals surface area contributed by atoms with Gasteiger partial charge in [-0.3, -0.25) is 9.88 Å². The van der Waals surface area contributed by atoms with E-state index in [9.17, 15) is 8.78 Å². The number of pyridine rings is 1. The number of hydrogen-bond acceptors (Lipinski definition) is 3. The van der Waals surface area contributed by atoms with Crippen molar-refractivity contribution in [3.8, 4) is 0 Å². The molecule has 0 saturated carbocycles. The Morgan fingerprint density at radius 3 is 2.67 bits per heavy atom. The molecule has 24 heavy (non-hydrogen) atoms. The van der Waals surface area contributed by atoms with Crippen LogP contribution in [0, 0.1) is 6.92 Å². The van der Waals surface area contributed by atoms with Crippen molar-refractivity contribution in [3.63, 3.8) is 0 Å². The van der Waals surface area contributed by atoms with E-state index in [1.54, 1.807) is 0 Å². The summed E-state index contributed by atoms with van der Waals surface area (Å²) in [4.78, 5) is 9.00. The third-order valence-corrected chi connectivity index (χ3v) is 4.82. The smallest absolute Gasteiger partial charge is 0.251 e. The van der Waals surface area contributed by atoms with E-state index >= 15 is 0 Å². The molecular formula is C19H25F2N3. The molecule has 130 valence electrons. The maximum absolute atomic E-state index is 12.7. The lowest BCUT2D eigenvalue weighted by molar-refractivity contribution is 0.0917. The van der Waals surface area contributed by atoms with Crippen LogP contribution in [0.25, 0.3) is 10.9 Å². The summed E-state index contributed by atoms with van der Waals surface area (Å²) in [5.74, 6) is 0. The zero-order valence-electron chi connectivity index (χ0n) is 14.4. The number of benzene rings is 1. The lowest BCUT2D eigenvalue weighted by Crippen LogP contribution is -2.34. The molecule has 2 aromatic rings. The standard InChI is InChI=1S/C19H25F2N3/c1-3-15-14(2)22-17-8-5-4-7-16(17)19(15)24-10-6-9-23(11-12-24)13-18(20)21/h4-5,7-8,18H,3,6,9-13H2,1-2H3. The monoisotopic (exact) mass is 333 g/mol. The molecule has 0 bridgehead atoms. The van der Waals surface area contributed by atoms with E-state index in [0.29, 0.717) is 6.54 Å². The highest BCUT2D eigenvalue weighted by atomic mass is 19.3. The van der Waals surface area contributed by atoms with Crippen molar-refractivity contribution in [2.75, 3.05) is 37.6 Å². The summed E-state index contributed by atoms with van der Waals surface area (Å²) in [5, 5.41) is 1.17. The van der Waals surface area contributed by atoms with Crippen LogP contribution in [-0.2, 0) is 6.42 Å². The third-order valence-electron chi connectivity index (χ3n) is 4.82. The molecule has 1 aromatic heterocycles. The predicted molar refractivity (Wildman–Crippen MR) is 95.1 cm³/mol. The summed E-state index contributed by atoms with van der Waals surface area (Å²) >= 11 is 0. The highest BCUT2D eigenvalue weighted by Crippen LogP contribution is 2.32. The van der Waals surface area contributed by atoms with E-state index in [4.69, 9.17) is 4.98 Å². The molecule has 0 N–H and O–H groups in total. The van der Waals surface area contributed by atoms with Gasteiger partial charge in [-0.15, -0.1) is 0 Å². The van der Waals surface area contributed by atoms with Crippen LogP contribution in [0.5, 0.6) is 0 Å². The van der Waals surface area contributed by atoms with Crippen LogP contribution in [0.15, 0.2) is 24.3 Å². The van der Waals surface area contributed by atoms with E-state index in [0.717, 1.165) is 43.7 Å². The van der Waals surface area contributed by atoms with Gasteiger partial charge >= 0.3 is 0 Å². The van der Waals surface area contributed by atoms with Crippen LogP contribution in [0.3, 0.4) is 0 Å². The molecule has 3 rings (SSSR count). The van der Waals surface area contributed by atoms with Gasteiger partial charge in [-0.25, -0.2) is 8.78 Å². The van der Waals surface area contributed by atoms with Crippen LogP contribution in [0.2, 0.25) is 0 Å². The average Bonchev–Trinajstić information content (AvgIpc) is 2.78. The van der Waals surface area contributed by atoms with Crippen molar-refractivity contribution in [1.29, 1.82) is 0 Å². The minimum Gasteiger partial charge on any atom is -0.369 e. The normalized spacial score (nSPS) is 16.8. The molecule has 1 fully saturated rings. The van der Waals surface area contributed by atoms with Gasteiger partial charge in [0.05, 0.1) is 17.7 Å². The van der Waals surface area contributed by atoms with Gasteiger partial charge in [-0.1, -0.05) is 25.1 Å². The lowest BCUT2D eigenvalue weighted by Gasteiger charge is -2.28. The summed E-state index contributed by atoms with van der Waals surface area (Å²) in [7, 11) is 0. The van der Waals surface area contributed by atoms with Crippen LogP contribution in [0.1, 0.15) is 24.6 Å². The molecule has 0 spiro atoms. The van der Waals surface area contributed by atoms with Crippen LogP contribution >= 0.6 is 0 Å². The summed E-state index contributed by atoms with van der Waals surface area (Å²) in [6, 6.07) is 8.23. The third kappa shape index (κ3) is 3.51. The largest absolute Gasteiger partial charge is 0.369 e. The number of nitrogens with zero attached hydrogens (tertiary/aromatic N) is 3. The molecule has 2 heterocycles. The van der Waals surface area contributed by atoms with Gasteiger partial charge in [0.2, 0.25) is 0 Å². The maximum atomic E-state index is 12.7. The van der Waals surface area contributed by atoms with E-state index in [2.05, 4.69) is 24.8 Å². The Morgan fingerprint density at radius 2 is 1.92 bits per heavy atom. The van der Waals surface area contributed by atoms with Crippen molar-refractivity contribution in [1.82, 2.24) is 9.88 Å². The Hall–Kier alpha value is -1.75. The Labute approximate surface area is 142 Å². The second-order valence-electron chi connectivity index (χ2n) is 6.43. The number of alkyl halides is 2. The Morgan fingerprint density at radius 1 is 1.12 bits per heavy atom. The first kappa shape index (κ1) is 17.1. The van der Waals surface area contributed by atoms with Crippen LogP contribution in [0.4, 0.5) is 14.5 Å². The number of halogens is 2. The quantitative estimate of drug-likeness (QED) is 0.846. The van der Waals surface area contributed by atoms with E-state index < -0.39 is 6.43 Å². The first-order chi connectivity index (χ1) is 11.6. The lowest BCUT2D eigenvalue weighted by atomic mass is 10.0. The summed E-state index contributed by atoms with van der Waals surface area (Å²) in [5.41, 5.74) is 4.60. The van der Waals surface area contributed by atoms with Crippen molar-refractivity contribution < 1.29 is 8.78 Å². The highest BCUT2D eigenvalue weighted by Gasteiger charge is 2.22. The number of para-hydroxylation sites is 1. The van der Waals surface area contributed by atoms with Crippen LogP contribution in [-0.4, -0.2) is 49.0 Å². The van der Waals surface area contributed by atoms with Crippen molar-refractivity contribution in [2.24, 2.45) is 0 Å². The highest BCUT2D eigenvalue weighted by molar-refractivity contribution is 5.94. The molecule has 1 aliphatic rings. The zero-order chi connectivity index (χ0) is 17.1. The summed E-state index contributed by atoms with van der Waals surface area (Å²) in [6.07, 6.45) is -0.422. The average molecular weight is 333 g/mol. The van der Waals surface area contributed by atoms with Gasteiger partial charge < -0.3 is 4.90 Å². The Kier molecular flexibility index (Phi) is 5.29. The fourth-order valence-corrected chi connectivity index (χ4v) is 3.71. The molecule has 0 aliphatic carbocycles. The molecule has 0 amide bonds. The van der Waals surface area contributed by atoms with Crippen molar-refractivity contribution in [3.05, 3.63) is 35.5 Å². The molecule has 1 aromatic carbocycles. The number of aromatic nitrogens is 1. The first-order valence-electron chi connectivity index (χ1n) is 8.73. The van der Waals surface area contributed by atoms with Gasteiger partial charge in [0.25, 0.3) is 6.43 Å². The number of aryl methyl sites for hydroxylation is 1. The molecule has 1 aliphatic heterocycles. The Balaban J connectivity index is 1.96. The second kappa shape index (κ2) is 7.43. The van der Waals surface area contributed by atoms with Gasteiger partial charge in [-0.05, 0) is 31.4 Å². The Bertz CT molecular complexity index is 702. The van der Waals surface area contributed by atoms with Crippen molar-refractivity contribution >= 4 is 16.6 Å². The van der Waals surface area contributed by atoms with Crippen molar-refractivity contribution in [2.45, 2.75) is 33.1 Å². The number of hydrogen-bond donors (Lipinski definition) is 0. The molecule has 3 nitrogen and oxygen atoms in total. The van der Waals surface area contributed by atoms with Gasteiger partial charge in [0.15, 0.2) is 0 Å². The number of rotatable bonds is 4. The summed E-state index contributed by atoms with van der Waals surface area (Å²) < 4.78 is 25.4. The maximum Gasteiger partial charge on any atom is 0.251 e. The van der Waals surface area contributed by atoms with E-state index in [1.807, 2.05) is 23.1 Å². The van der Waals surface area contributed by atoms with Gasteiger partial charge in [0, 0.05) is 37.3 Å². The fraction of sp³-hybridized carbons (Fsp3) is 0.526. The zero-order valence-corrected chi connectivity index (χ0v) is 14.4. The number of anilines is 1. The minimum atomic E-state index is -2.26. The molecule has 0 radical (unpaired) electrons. The fourth-order valence-electron chi connectivity index (χ4n) is 3.71. The molecule has 5 heteroatoms. The molecule has 0 atom stereocenters. The predicted octanol–water partition coefficient (Wildman–Crippen LogP) is 3.88. The topological polar surface area (TPSA) is 19.4 Å². The van der Waals surface area contributed by atoms with E-state index in [1.165, 1.54) is 16.6 Å². The van der Waals surface area contributed by atoms with Gasteiger partial charge in [0.1, 0.15) is 0 Å². The molecular weight excluding hydrogens is 308 g/mol. The first-order valence-corrected chi connectivity index (χ1v) is 8.73. The van der Waals surface area contributed by atoms with Gasteiger partial charge in [-0.2, -0.15) is 0 Å². The molecule has 0 unspecified atom stereocenters. The minimum absolute atomic E-state index is 0.120. The number of fused-ring (bicyclic) bond motifs is 1. The summed E-state index contributed by atoms with van der Waals surface area (Å²) in [6.45, 7) is 7.21. The van der Waals surface area contributed by atoms with Crippen LogP contribution < -0.4 is 4.90 Å². The van der Waals surface area contributed by atoms with E-state index in [-0.39, 0.29) is 6.54 Å². The SMILES string of the molecule is CCc1c(C)nc2ccccc2c1N1CCCN(CC(F)F)CC1.